The molecule has 6 rings (SSSR count). The molecule has 1 aromatic heterocycles. The summed E-state index contributed by atoms with van der Waals surface area (Å²) >= 11 is 0. The number of ether oxygens (including phenoxy) is 6. The van der Waals surface area contributed by atoms with E-state index in [1.54, 1.807) is 26.4 Å². The maximum atomic E-state index is 13.4. The van der Waals surface area contributed by atoms with Crippen molar-refractivity contribution in [3.8, 4) is 23.0 Å². The van der Waals surface area contributed by atoms with Gasteiger partial charge in [0, 0.05) is 48.4 Å². The average Bonchev–Trinajstić information content (AvgIpc) is 3.46. The molecule has 1 amide bonds. The van der Waals surface area contributed by atoms with Gasteiger partial charge in [-0.05, 0) is 60.9 Å². The lowest BCUT2D eigenvalue weighted by atomic mass is 9.63. The van der Waals surface area contributed by atoms with E-state index in [0.717, 1.165) is 37.2 Å². The summed E-state index contributed by atoms with van der Waals surface area (Å²) in [5.41, 5.74) is 9.99. The minimum atomic E-state index is -0.513. The van der Waals surface area contributed by atoms with Crippen molar-refractivity contribution in [3.63, 3.8) is 0 Å². The van der Waals surface area contributed by atoms with E-state index in [0.29, 0.717) is 29.2 Å². The highest BCUT2D eigenvalue weighted by molar-refractivity contribution is 5.95. The number of nitrogens with zero attached hydrogens (tertiary/aromatic N) is 1. The van der Waals surface area contributed by atoms with Crippen LogP contribution in [-0.4, -0.2) is 89.7 Å². The van der Waals surface area contributed by atoms with Crippen LogP contribution in [0.5, 0.6) is 23.0 Å². The van der Waals surface area contributed by atoms with Gasteiger partial charge >= 0.3 is 5.97 Å². The standard InChI is InChI=1S/C33H42N4O8/c1-40-19-7-8-20-21-9-10-37-16-18-11-24(35-36-32(38)17-12-26(41-2)31(44-5)27(13-17)42-3)30(43-4)28(33(39)45-6)22(18)15-25(37)29(21)34-23(20)14-19/h7-8,12-14,18,22,24-25,28,30,34-35H,9-11,15-16H2,1-6H3,(H,36,38)/t18-,22+,24-,25-,28+,30+/m1/s1. The summed E-state index contributed by atoms with van der Waals surface area (Å²) in [5.74, 6) is 1.00. The highest BCUT2D eigenvalue weighted by Crippen LogP contribution is 2.50. The number of H-pyrrole nitrogens is 1. The van der Waals surface area contributed by atoms with Crippen LogP contribution in [0.15, 0.2) is 30.3 Å². The molecule has 3 aliphatic rings. The third-order valence-electron chi connectivity index (χ3n) is 9.95. The number of nitrogens with one attached hydrogen (secondary N) is 3. The van der Waals surface area contributed by atoms with E-state index in [1.165, 1.54) is 45.1 Å². The Balaban J connectivity index is 1.24. The Labute approximate surface area is 262 Å². The number of carbonyl (C=O) groups excluding carboxylic acids is 2. The molecule has 0 bridgehead atoms. The summed E-state index contributed by atoms with van der Waals surface area (Å²) < 4.78 is 33.0. The first kappa shape index (κ1) is 31.0. The van der Waals surface area contributed by atoms with Gasteiger partial charge in [0.1, 0.15) is 5.75 Å². The number of fused-ring (bicyclic) bond motifs is 6. The molecule has 2 fully saturated rings. The smallest absolute Gasteiger partial charge is 0.311 e. The molecule has 0 radical (unpaired) electrons. The Kier molecular flexibility index (Phi) is 8.80. The van der Waals surface area contributed by atoms with Gasteiger partial charge in [-0.25, -0.2) is 5.43 Å². The first-order chi connectivity index (χ1) is 21.8. The fraction of sp³-hybridized carbons (Fsp3) is 0.515. The average molecular weight is 623 g/mol. The van der Waals surface area contributed by atoms with E-state index >= 15 is 0 Å². The van der Waals surface area contributed by atoms with Crippen molar-refractivity contribution in [2.24, 2.45) is 17.8 Å². The number of hydrogen-bond acceptors (Lipinski definition) is 10. The first-order valence-corrected chi connectivity index (χ1v) is 15.2. The highest BCUT2D eigenvalue weighted by atomic mass is 16.5. The third kappa shape index (κ3) is 5.44. The molecule has 1 saturated carbocycles. The molecule has 6 atom stereocenters. The van der Waals surface area contributed by atoms with Gasteiger partial charge in [0.15, 0.2) is 11.5 Å². The van der Waals surface area contributed by atoms with Gasteiger partial charge in [-0.2, -0.15) is 0 Å². The van der Waals surface area contributed by atoms with Crippen molar-refractivity contribution in [1.82, 2.24) is 20.7 Å². The number of amides is 1. The summed E-state index contributed by atoms with van der Waals surface area (Å²) in [6.45, 7) is 1.77. The van der Waals surface area contributed by atoms with Crippen molar-refractivity contribution in [1.29, 1.82) is 0 Å². The molecule has 12 heteroatoms. The predicted octanol–water partition coefficient (Wildman–Crippen LogP) is 3.25. The molecule has 3 N–H and O–H groups in total. The molecular weight excluding hydrogens is 580 g/mol. The van der Waals surface area contributed by atoms with Crippen molar-refractivity contribution in [2.75, 3.05) is 55.7 Å². The molecule has 1 aliphatic carbocycles. The van der Waals surface area contributed by atoms with Gasteiger partial charge in [0.2, 0.25) is 5.75 Å². The lowest BCUT2D eigenvalue weighted by Crippen LogP contribution is -2.62. The van der Waals surface area contributed by atoms with E-state index in [-0.39, 0.29) is 35.8 Å². The van der Waals surface area contributed by atoms with Gasteiger partial charge in [-0.15, -0.1) is 0 Å². The number of aromatic amines is 1. The fourth-order valence-corrected chi connectivity index (χ4v) is 7.89. The quantitative estimate of drug-likeness (QED) is 0.241. The topological polar surface area (TPSA) is 133 Å². The summed E-state index contributed by atoms with van der Waals surface area (Å²) in [5, 5.41) is 1.22. The van der Waals surface area contributed by atoms with Crippen molar-refractivity contribution < 1.29 is 38.0 Å². The van der Waals surface area contributed by atoms with Crippen LogP contribution in [0.1, 0.15) is 40.5 Å². The molecule has 12 nitrogen and oxygen atoms in total. The van der Waals surface area contributed by atoms with E-state index in [1.807, 2.05) is 12.1 Å². The lowest BCUT2D eigenvalue weighted by molar-refractivity contribution is -0.165. The molecule has 3 heterocycles. The molecule has 3 aromatic rings. The second-order valence-electron chi connectivity index (χ2n) is 12.0. The van der Waals surface area contributed by atoms with E-state index < -0.39 is 12.0 Å². The van der Waals surface area contributed by atoms with Crippen molar-refractivity contribution in [2.45, 2.75) is 37.5 Å². The number of hydrazine groups is 1. The third-order valence-corrected chi connectivity index (χ3v) is 9.95. The monoisotopic (exact) mass is 622 g/mol. The predicted molar refractivity (Wildman–Crippen MR) is 166 cm³/mol. The molecule has 1 saturated heterocycles. The zero-order valence-electron chi connectivity index (χ0n) is 26.6. The second-order valence-corrected chi connectivity index (χ2v) is 12.0. The number of aromatic nitrogens is 1. The number of piperidine rings is 1. The maximum absolute atomic E-state index is 13.4. The molecular formula is C33H42N4O8. The van der Waals surface area contributed by atoms with Gasteiger partial charge in [-0.1, -0.05) is 0 Å². The Hall–Kier alpha value is -4.00. The van der Waals surface area contributed by atoms with Gasteiger partial charge in [-0.3, -0.25) is 19.9 Å². The maximum Gasteiger partial charge on any atom is 0.311 e. The normalized spacial score (nSPS) is 25.8. The number of methoxy groups -OCH3 is 6. The van der Waals surface area contributed by atoms with Crippen LogP contribution in [-0.2, 0) is 20.7 Å². The molecule has 2 aliphatic heterocycles. The minimum Gasteiger partial charge on any atom is -0.497 e. The van der Waals surface area contributed by atoms with Crippen LogP contribution in [0, 0.1) is 17.8 Å². The van der Waals surface area contributed by atoms with Gasteiger partial charge < -0.3 is 33.4 Å². The van der Waals surface area contributed by atoms with Crippen LogP contribution in [0.2, 0.25) is 0 Å². The lowest BCUT2D eigenvalue weighted by Gasteiger charge is -2.53. The van der Waals surface area contributed by atoms with Gasteiger partial charge in [0.05, 0.1) is 59.7 Å². The first-order valence-electron chi connectivity index (χ1n) is 15.2. The highest BCUT2D eigenvalue weighted by Gasteiger charge is 2.53. The van der Waals surface area contributed by atoms with Crippen LogP contribution < -0.4 is 29.8 Å². The van der Waals surface area contributed by atoms with Crippen LogP contribution in [0.3, 0.4) is 0 Å². The minimum absolute atomic E-state index is 0.0411. The van der Waals surface area contributed by atoms with E-state index in [2.05, 4.69) is 26.8 Å². The zero-order valence-corrected chi connectivity index (χ0v) is 26.6. The summed E-state index contributed by atoms with van der Waals surface area (Å²) in [4.78, 5) is 33.0. The molecule has 242 valence electrons. The fourth-order valence-electron chi connectivity index (χ4n) is 7.89. The Bertz CT molecular complexity index is 1550. The molecule has 0 spiro atoms. The largest absolute Gasteiger partial charge is 0.497 e. The number of benzene rings is 2. The Morgan fingerprint density at radius 1 is 0.933 bits per heavy atom. The summed E-state index contributed by atoms with van der Waals surface area (Å²) in [6, 6.07) is 9.19. The number of rotatable bonds is 9. The Morgan fingerprint density at radius 3 is 2.33 bits per heavy atom. The number of carbonyl (C=O) groups is 2. The van der Waals surface area contributed by atoms with Crippen LogP contribution in [0.4, 0.5) is 0 Å². The van der Waals surface area contributed by atoms with E-state index in [9.17, 15) is 9.59 Å². The second kappa shape index (κ2) is 12.8. The number of hydrogen-bond donors (Lipinski definition) is 3. The number of esters is 1. The van der Waals surface area contributed by atoms with Crippen molar-refractivity contribution >= 4 is 22.8 Å². The molecule has 45 heavy (non-hydrogen) atoms. The van der Waals surface area contributed by atoms with Crippen LogP contribution in [0.25, 0.3) is 10.9 Å². The van der Waals surface area contributed by atoms with Crippen LogP contribution >= 0.6 is 0 Å². The Morgan fingerprint density at radius 2 is 1.69 bits per heavy atom. The SMILES string of the molecule is COC(=O)[C@H]1[C@H]2C[C@@H]3c4[nH]c5cc(OC)ccc5c4CCN3C[C@H]2C[C@@H](NNC(=O)c2cc(OC)c(OC)c(OC)c2)[C@@H]1OC. The van der Waals surface area contributed by atoms with E-state index in [4.69, 9.17) is 28.4 Å². The summed E-state index contributed by atoms with van der Waals surface area (Å²) in [6.07, 6.45) is 1.95. The zero-order chi connectivity index (χ0) is 31.8. The molecule has 2 aromatic carbocycles. The van der Waals surface area contributed by atoms with Gasteiger partial charge in [0.25, 0.3) is 5.91 Å². The summed E-state index contributed by atoms with van der Waals surface area (Å²) in [7, 11) is 9.21. The molecule has 0 unspecified atom stereocenters. The van der Waals surface area contributed by atoms with Crippen molar-refractivity contribution in [3.05, 3.63) is 47.2 Å².